The van der Waals surface area contributed by atoms with Crippen LogP contribution < -0.4 is 0 Å². The lowest BCUT2D eigenvalue weighted by Gasteiger charge is -2.29. The summed E-state index contributed by atoms with van der Waals surface area (Å²) in [7, 11) is 0. The van der Waals surface area contributed by atoms with E-state index in [0.29, 0.717) is 0 Å². The summed E-state index contributed by atoms with van der Waals surface area (Å²) < 4.78 is 0. The summed E-state index contributed by atoms with van der Waals surface area (Å²) in [5, 5.41) is 10.5. The molecule has 0 bridgehead atoms. The molecule has 0 aromatic heterocycles. The molecular weight excluding hydrogens is 468 g/mol. The largest absolute Gasteiger partial charge is 0.0642 e. The molecule has 8 rings (SSSR count). The summed E-state index contributed by atoms with van der Waals surface area (Å²) in [5.74, 6) is 0. The lowest BCUT2D eigenvalue weighted by Crippen LogP contribution is -2.22. The third-order valence-electron chi connectivity index (χ3n) is 9.51. The number of fused-ring (bicyclic) bond motifs is 9. The second kappa shape index (κ2) is 8.29. The van der Waals surface area contributed by atoms with E-state index in [1.807, 2.05) is 0 Å². The van der Waals surface area contributed by atoms with Gasteiger partial charge in [-0.2, -0.15) is 0 Å². The molecule has 7 aromatic rings. The van der Waals surface area contributed by atoms with Crippen molar-refractivity contribution in [1.29, 1.82) is 0 Å². The molecule has 0 amide bonds. The molecule has 0 spiro atoms. The first kappa shape index (κ1) is 22.6. The van der Waals surface area contributed by atoms with Gasteiger partial charge in [-0.3, -0.25) is 0 Å². The molecule has 0 N–H and O–H groups in total. The van der Waals surface area contributed by atoms with Gasteiger partial charge in [0.05, 0.1) is 0 Å². The minimum absolute atomic E-state index is 0.109. The van der Waals surface area contributed by atoms with Gasteiger partial charge < -0.3 is 0 Å². The van der Waals surface area contributed by atoms with Gasteiger partial charge in [0, 0.05) is 5.41 Å². The van der Waals surface area contributed by atoms with Gasteiger partial charge in [-0.25, -0.2) is 0 Å². The van der Waals surface area contributed by atoms with Crippen LogP contribution in [0.1, 0.15) is 37.8 Å². The van der Waals surface area contributed by atoms with Crippen molar-refractivity contribution < 1.29 is 0 Å². The van der Waals surface area contributed by atoms with Gasteiger partial charge in [0.25, 0.3) is 0 Å². The normalized spacial score (nSPS) is 13.8. The van der Waals surface area contributed by atoms with Crippen LogP contribution in [0.25, 0.3) is 65.3 Å². The Morgan fingerprint density at radius 1 is 0.410 bits per heavy atom. The van der Waals surface area contributed by atoms with Crippen molar-refractivity contribution in [1.82, 2.24) is 0 Å². The maximum absolute atomic E-state index is 2.49. The van der Waals surface area contributed by atoms with Crippen molar-refractivity contribution in [3.63, 3.8) is 0 Å². The van der Waals surface area contributed by atoms with Crippen molar-refractivity contribution in [2.24, 2.45) is 0 Å². The van der Waals surface area contributed by atoms with E-state index in [0.717, 1.165) is 12.8 Å². The number of hydrogen-bond donors (Lipinski definition) is 0. The molecule has 39 heavy (non-hydrogen) atoms. The second-order valence-electron chi connectivity index (χ2n) is 11.2. The van der Waals surface area contributed by atoms with E-state index in [4.69, 9.17) is 0 Å². The minimum atomic E-state index is 0.109. The Morgan fingerprint density at radius 3 is 1.79 bits per heavy atom. The summed E-state index contributed by atoms with van der Waals surface area (Å²) in [4.78, 5) is 0. The van der Waals surface area contributed by atoms with E-state index in [1.165, 1.54) is 76.5 Å². The van der Waals surface area contributed by atoms with E-state index in [9.17, 15) is 0 Å². The first-order valence-electron chi connectivity index (χ1n) is 14.2. The van der Waals surface area contributed by atoms with Gasteiger partial charge in [0.1, 0.15) is 0 Å². The highest BCUT2D eigenvalue weighted by molar-refractivity contribution is 6.18. The standard InChI is InChI=1S/C39H30/c1-3-39(4-2)37-12-8-7-11-34(37)36-24-35-30(23-38(36)39)17-19-32-31-18-15-28(22-29(31)16-20-33(32)35)27-14-13-25-9-5-6-10-26(25)21-27/h5-24H,3-4H2,1-2H3. The molecule has 1 aliphatic rings. The Kier molecular flexibility index (Phi) is 4.79. The van der Waals surface area contributed by atoms with E-state index in [-0.39, 0.29) is 5.41 Å². The van der Waals surface area contributed by atoms with Crippen molar-refractivity contribution >= 4 is 43.1 Å². The van der Waals surface area contributed by atoms with Crippen LogP contribution in [-0.2, 0) is 5.41 Å². The first-order chi connectivity index (χ1) is 19.2. The average molecular weight is 499 g/mol. The molecule has 0 aliphatic heterocycles. The van der Waals surface area contributed by atoms with Crippen LogP contribution in [0.5, 0.6) is 0 Å². The summed E-state index contributed by atoms with van der Waals surface area (Å²) in [6.07, 6.45) is 2.24. The lowest BCUT2D eigenvalue weighted by molar-refractivity contribution is 0.491. The molecule has 0 radical (unpaired) electrons. The zero-order valence-corrected chi connectivity index (χ0v) is 22.5. The third kappa shape index (κ3) is 3.12. The van der Waals surface area contributed by atoms with Crippen molar-refractivity contribution in [2.45, 2.75) is 32.1 Å². The molecular formula is C39H30. The van der Waals surface area contributed by atoms with E-state index in [2.05, 4.69) is 135 Å². The van der Waals surface area contributed by atoms with Crippen LogP contribution in [0.15, 0.2) is 121 Å². The smallest absolute Gasteiger partial charge is 0.0210 e. The predicted molar refractivity (Wildman–Crippen MR) is 169 cm³/mol. The Morgan fingerprint density at radius 2 is 1.00 bits per heavy atom. The second-order valence-corrected chi connectivity index (χ2v) is 11.2. The van der Waals surface area contributed by atoms with Gasteiger partial charge >= 0.3 is 0 Å². The van der Waals surface area contributed by atoms with Crippen LogP contribution >= 0.6 is 0 Å². The molecule has 1 aliphatic carbocycles. The van der Waals surface area contributed by atoms with E-state index in [1.54, 1.807) is 0 Å². The van der Waals surface area contributed by atoms with Crippen molar-refractivity contribution in [3.8, 4) is 22.3 Å². The van der Waals surface area contributed by atoms with Gasteiger partial charge in [0.15, 0.2) is 0 Å². The highest BCUT2D eigenvalue weighted by atomic mass is 14.4. The van der Waals surface area contributed by atoms with Gasteiger partial charge in [-0.15, -0.1) is 0 Å². The van der Waals surface area contributed by atoms with Crippen molar-refractivity contribution in [2.75, 3.05) is 0 Å². The van der Waals surface area contributed by atoms with Gasteiger partial charge in [-0.05, 0) is 114 Å². The van der Waals surface area contributed by atoms with Crippen LogP contribution in [-0.4, -0.2) is 0 Å². The van der Waals surface area contributed by atoms with Crippen LogP contribution in [0, 0.1) is 0 Å². The summed E-state index contributed by atoms with van der Waals surface area (Å²) in [5.41, 5.74) is 8.46. The Balaban J connectivity index is 1.32. The molecule has 0 saturated heterocycles. The SMILES string of the molecule is CCC1(CC)c2ccccc2-c2cc3c(ccc4c5ccc(-c6ccc7ccccc7c6)cc5ccc34)cc21. The molecule has 186 valence electrons. The van der Waals surface area contributed by atoms with Crippen LogP contribution in [0.2, 0.25) is 0 Å². The molecule has 0 fully saturated rings. The summed E-state index contributed by atoms with van der Waals surface area (Å²) in [6.45, 7) is 4.69. The van der Waals surface area contributed by atoms with E-state index >= 15 is 0 Å². The molecule has 0 nitrogen and oxygen atoms in total. The fraction of sp³-hybridized carbons (Fsp3) is 0.128. The fourth-order valence-electron chi connectivity index (χ4n) is 7.39. The molecule has 0 saturated carbocycles. The Hall–Kier alpha value is -4.42. The maximum Gasteiger partial charge on any atom is 0.0210 e. The van der Waals surface area contributed by atoms with Gasteiger partial charge in [-0.1, -0.05) is 111 Å². The maximum atomic E-state index is 2.49. The zero-order valence-electron chi connectivity index (χ0n) is 22.5. The fourth-order valence-corrected chi connectivity index (χ4v) is 7.39. The summed E-state index contributed by atoms with van der Waals surface area (Å²) >= 11 is 0. The van der Waals surface area contributed by atoms with Crippen LogP contribution in [0.3, 0.4) is 0 Å². The number of benzene rings is 7. The predicted octanol–water partition coefficient (Wildman–Crippen LogP) is 11.1. The monoisotopic (exact) mass is 498 g/mol. The minimum Gasteiger partial charge on any atom is -0.0642 e. The average Bonchev–Trinajstić information content (AvgIpc) is 3.28. The van der Waals surface area contributed by atoms with Crippen molar-refractivity contribution in [3.05, 3.63) is 132 Å². The quantitative estimate of drug-likeness (QED) is 0.213. The highest BCUT2D eigenvalue weighted by Crippen LogP contribution is 2.54. The Bertz CT molecular complexity index is 2090. The Labute approximate surface area is 229 Å². The first-order valence-corrected chi connectivity index (χ1v) is 14.2. The molecule has 7 aromatic carbocycles. The molecule has 0 unspecified atom stereocenters. The topological polar surface area (TPSA) is 0 Å². The molecule has 0 heteroatoms. The third-order valence-corrected chi connectivity index (χ3v) is 9.51. The molecule has 0 atom stereocenters. The van der Waals surface area contributed by atoms with Crippen LogP contribution in [0.4, 0.5) is 0 Å². The summed E-state index contributed by atoms with van der Waals surface area (Å²) in [6, 6.07) is 45.7. The van der Waals surface area contributed by atoms with Gasteiger partial charge in [0.2, 0.25) is 0 Å². The van der Waals surface area contributed by atoms with E-state index < -0.39 is 0 Å². The number of rotatable bonds is 3. The molecule has 0 heterocycles. The number of hydrogen-bond acceptors (Lipinski definition) is 0. The highest BCUT2D eigenvalue weighted by Gasteiger charge is 2.40. The lowest BCUT2D eigenvalue weighted by atomic mass is 9.73. The zero-order chi connectivity index (χ0) is 26.1.